The number of hydrogen-bond donors (Lipinski definition) is 0. The molecule has 11 aromatic carbocycles. The van der Waals surface area contributed by atoms with Gasteiger partial charge in [-0.25, -0.2) is 15.0 Å². The van der Waals surface area contributed by atoms with Crippen LogP contribution in [0.15, 0.2) is 231 Å². The first-order chi connectivity index (χ1) is 33.6. The first-order valence-corrected chi connectivity index (χ1v) is 22.9. The van der Waals surface area contributed by atoms with Gasteiger partial charge in [0.15, 0.2) is 17.5 Å². The average molecular weight is 863 g/mol. The van der Waals surface area contributed by atoms with E-state index < -0.39 is 0 Å². The van der Waals surface area contributed by atoms with Gasteiger partial charge in [0.2, 0.25) is 0 Å². The van der Waals surface area contributed by atoms with Gasteiger partial charge < -0.3 is 0 Å². The molecular formula is C64H38N4. The predicted molar refractivity (Wildman–Crippen MR) is 280 cm³/mol. The van der Waals surface area contributed by atoms with Crippen molar-refractivity contribution < 1.29 is 0 Å². The Hall–Kier alpha value is -9.30. The minimum Gasteiger partial charge on any atom is -0.208 e. The van der Waals surface area contributed by atoms with Crippen molar-refractivity contribution in [1.29, 1.82) is 5.26 Å². The monoisotopic (exact) mass is 862 g/mol. The standard InChI is InChI=1S/C64H38N4/c65-39-49-31-30-48(38-59(49)47-18-8-17-46(36-47)51-22-11-23-53-50-19-5-4-12-41(50)32-34-54(51)53)52-20-6-7-21-58(52)64-67-62(43-13-2-1-3-14-43)66-63(68-64)44-28-26-40(27-29-44)45-33-35-55-56-24-9-15-42-16-10-25-57(61(42)56)60(55)37-45/h1-38H. The molecule has 314 valence electrons. The Kier molecular flexibility index (Phi) is 9.20. The van der Waals surface area contributed by atoms with Crippen molar-refractivity contribution in [3.05, 3.63) is 236 Å². The van der Waals surface area contributed by atoms with Crippen molar-refractivity contribution in [3.8, 4) is 107 Å². The minimum atomic E-state index is 0.567. The third-order valence-electron chi connectivity index (χ3n) is 13.5. The zero-order chi connectivity index (χ0) is 45.1. The maximum Gasteiger partial charge on any atom is 0.164 e. The van der Waals surface area contributed by atoms with Crippen molar-refractivity contribution in [2.45, 2.75) is 0 Å². The molecular weight excluding hydrogens is 825 g/mol. The molecule has 13 rings (SSSR count). The van der Waals surface area contributed by atoms with Crippen molar-refractivity contribution in [1.82, 2.24) is 15.0 Å². The molecule has 1 aliphatic rings. The van der Waals surface area contributed by atoms with Gasteiger partial charge in [0, 0.05) is 22.3 Å². The van der Waals surface area contributed by atoms with Crippen LogP contribution >= 0.6 is 0 Å². The molecule has 0 bridgehead atoms. The summed E-state index contributed by atoms with van der Waals surface area (Å²) in [4.78, 5) is 15.4. The average Bonchev–Trinajstić information content (AvgIpc) is 3.74. The Morgan fingerprint density at radius 2 is 0.794 bits per heavy atom. The lowest BCUT2D eigenvalue weighted by molar-refractivity contribution is 1.07. The molecule has 0 saturated carbocycles. The van der Waals surface area contributed by atoms with Crippen LogP contribution in [0.1, 0.15) is 5.56 Å². The van der Waals surface area contributed by atoms with E-state index in [2.05, 4.69) is 182 Å². The van der Waals surface area contributed by atoms with Crippen LogP contribution in [0.2, 0.25) is 0 Å². The van der Waals surface area contributed by atoms with E-state index in [1.807, 2.05) is 54.6 Å². The largest absolute Gasteiger partial charge is 0.208 e. The molecule has 0 amide bonds. The van der Waals surface area contributed by atoms with Gasteiger partial charge in [-0.2, -0.15) is 5.26 Å². The molecule has 0 saturated heterocycles. The highest BCUT2D eigenvalue weighted by Crippen LogP contribution is 2.48. The van der Waals surface area contributed by atoms with Gasteiger partial charge in [-0.15, -0.1) is 0 Å². The van der Waals surface area contributed by atoms with E-state index in [4.69, 9.17) is 15.0 Å². The number of rotatable bonds is 7. The van der Waals surface area contributed by atoms with E-state index in [0.29, 0.717) is 23.0 Å². The number of aromatic nitrogens is 3. The molecule has 0 unspecified atom stereocenters. The third-order valence-corrected chi connectivity index (χ3v) is 13.5. The molecule has 0 fully saturated rings. The summed E-state index contributed by atoms with van der Waals surface area (Å²) in [7, 11) is 0. The molecule has 68 heavy (non-hydrogen) atoms. The van der Waals surface area contributed by atoms with Gasteiger partial charge in [-0.1, -0.05) is 206 Å². The van der Waals surface area contributed by atoms with Gasteiger partial charge in [-0.05, 0) is 118 Å². The molecule has 0 spiro atoms. The summed E-state index contributed by atoms with van der Waals surface area (Å²) in [5, 5.41) is 17.9. The van der Waals surface area contributed by atoms with Crippen LogP contribution in [0.5, 0.6) is 0 Å². The summed E-state index contributed by atoms with van der Waals surface area (Å²) in [5.41, 5.74) is 16.7. The van der Waals surface area contributed by atoms with Crippen molar-refractivity contribution in [3.63, 3.8) is 0 Å². The summed E-state index contributed by atoms with van der Waals surface area (Å²) in [6, 6.07) is 83.4. The quantitative estimate of drug-likeness (QED) is 0.150. The van der Waals surface area contributed by atoms with Gasteiger partial charge in [-0.3, -0.25) is 0 Å². The molecule has 4 nitrogen and oxygen atoms in total. The maximum absolute atomic E-state index is 10.5. The van der Waals surface area contributed by atoms with Crippen molar-refractivity contribution in [2.24, 2.45) is 0 Å². The van der Waals surface area contributed by atoms with E-state index in [-0.39, 0.29) is 0 Å². The van der Waals surface area contributed by atoms with E-state index in [0.717, 1.165) is 61.2 Å². The summed E-state index contributed by atoms with van der Waals surface area (Å²) in [6.45, 7) is 0. The first kappa shape index (κ1) is 39.1. The van der Waals surface area contributed by atoms with E-state index >= 15 is 0 Å². The summed E-state index contributed by atoms with van der Waals surface area (Å²) >= 11 is 0. The fourth-order valence-corrected chi connectivity index (χ4v) is 10.2. The van der Waals surface area contributed by atoms with Gasteiger partial charge in [0.1, 0.15) is 0 Å². The van der Waals surface area contributed by atoms with E-state index in [9.17, 15) is 5.26 Å². The Labute approximate surface area is 393 Å². The van der Waals surface area contributed by atoms with E-state index in [1.54, 1.807) is 0 Å². The molecule has 1 aliphatic carbocycles. The Morgan fingerprint density at radius 1 is 0.265 bits per heavy atom. The summed E-state index contributed by atoms with van der Waals surface area (Å²) in [5.74, 6) is 1.75. The maximum atomic E-state index is 10.5. The lowest BCUT2D eigenvalue weighted by Gasteiger charge is -2.14. The Bertz CT molecular complexity index is 4030. The second-order valence-corrected chi connectivity index (χ2v) is 17.4. The van der Waals surface area contributed by atoms with Crippen molar-refractivity contribution >= 4 is 32.3 Å². The molecule has 12 aromatic rings. The predicted octanol–water partition coefficient (Wildman–Crippen LogP) is 16.5. The zero-order valence-corrected chi connectivity index (χ0v) is 36.7. The Balaban J connectivity index is 0.881. The van der Waals surface area contributed by atoms with Crippen LogP contribution in [-0.4, -0.2) is 15.0 Å². The lowest BCUT2D eigenvalue weighted by Crippen LogP contribution is -2.01. The molecule has 1 heterocycles. The fraction of sp³-hybridized carbons (Fsp3) is 0. The molecule has 0 aliphatic heterocycles. The van der Waals surface area contributed by atoms with Gasteiger partial charge in [0.05, 0.1) is 11.6 Å². The summed E-state index contributed by atoms with van der Waals surface area (Å²) < 4.78 is 0. The van der Waals surface area contributed by atoms with Crippen LogP contribution in [0, 0.1) is 11.3 Å². The zero-order valence-electron chi connectivity index (χ0n) is 36.7. The number of fused-ring (bicyclic) bond motifs is 6. The molecule has 0 N–H and O–H groups in total. The number of benzene rings is 11. The first-order valence-electron chi connectivity index (χ1n) is 22.9. The van der Waals surface area contributed by atoms with Crippen LogP contribution in [0.25, 0.3) is 133 Å². The van der Waals surface area contributed by atoms with Crippen LogP contribution < -0.4 is 0 Å². The van der Waals surface area contributed by atoms with Crippen LogP contribution in [0.3, 0.4) is 0 Å². The lowest BCUT2D eigenvalue weighted by atomic mass is 9.90. The highest BCUT2D eigenvalue weighted by atomic mass is 15.0. The SMILES string of the molecule is N#Cc1ccc(-c2ccccc2-c2nc(-c3ccccc3)nc(-c3ccc(-c4ccc5c(c4)-c4cccc6cccc-5c46)cc3)n2)cc1-c1cccc(-c2cccc3c2ccc2ccccc23)c1. The molecule has 1 aromatic heterocycles. The smallest absolute Gasteiger partial charge is 0.164 e. The third kappa shape index (κ3) is 6.56. The van der Waals surface area contributed by atoms with Gasteiger partial charge >= 0.3 is 0 Å². The minimum absolute atomic E-state index is 0.567. The molecule has 4 heteroatoms. The number of hydrogen-bond acceptors (Lipinski definition) is 4. The van der Waals surface area contributed by atoms with E-state index in [1.165, 1.54) is 54.6 Å². The Morgan fingerprint density at radius 3 is 1.60 bits per heavy atom. The fourth-order valence-electron chi connectivity index (χ4n) is 10.2. The second-order valence-electron chi connectivity index (χ2n) is 17.4. The van der Waals surface area contributed by atoms with Crippen LogP contribution in [0.4, 0.5) is 0 Å². The normalized spacial score (nSPS) is 11.5. The van der Waals surface area contributed by atoms with Crippen LogP contribution in [-0.2, 0) is 0 Å². The van der Waals surface area contributed by atoms with Gasteiger partial charge in [0.25, 0.3) is 0 Å². The topological polar surface area (TPSA) is 62.5 Å². The highest BCUT2D eigenvalue weighted by Gasteiger charge is 2.22. The molecule has 0 radical (unpaired) electrons. The van der Waals surface area contributed by atoms with Crippen molar-refractivity contribution in [2.75, 3.05) is 0 Å². The number of nitriles is 1. The molecule has 0 atom stereocenters. The number of nitrogens with zero attached hydrogens (tertiary/aromatic N) is 4. The highest BCUT2D eigenvalue weighted by molar-refractivity contribution is 6.16. The second kappa shape index (κ2) is 16.0. The summed E-state index contributed by atoms with van der Waals surface area (Å²) in [6.07, 6.45) is 0.